The first-order valence-corrected chi connectivity index (χ1v) is 19.7. The van der Waals surface area contributed by atoms with Crippen LogP contribution in [-0.4, -0.2) is 49.0 Å². The fourth-order valence-electron chi connectivity index (χ4n) is 6.80. The van der Waals surface area contributed by atoms with Crippen molar-refractivity contribution in [2.24, 2.45) is 5.73 Å². The van der Waals surface area contributed by atoms with Crippen molar-refractivity contribution in [3.8, 4) is 0 Å². The second kappa shape index (κ2) is 15.6. The maximum Gasteiger partial charge on any atom is 0.352 e. The Bertz CT molecular complexity index is 1640. The normalized spacial score (nSPS) is 19.9. The molecule has 8 rings (SSSR count). The molecule has 256 valence electrons. The number of nitrogens with zero attached hydrogens (tertiary/aromatic N) is 2. The van der Waals surface area contributed by atoms with Crippen molar-refractivity contribution >= 4 is 55.2 Å². The van der Waals surface area contributed by atoms with Gasteiger partial charge in [0.1, 0.15) is 22.7 Å². The SMILES string of the molecule is Cc1c(C(=O)NC2CCCCCCC2)[nH]c2nc(C3CC3)sc12.Cc1c(C(=O)O)[nH]c2nc(C3CC3)sc12.NC1CCCCCCC1. The number of amides is 1. The monoisotopic (exact) mass is 680 g/mol. The maximum atomic E-state index is 12.7. The summed E-state index contributed by atoms with van der Waals surface area (Å²) in [6.07, 6.45) is 23.1. The number of nitrogens with two attached hydrogens (primary N) is 1. The van der Waals surface area contributed by atoms with Crippen molar-refractivity contribution in [2.45, 2.75) is 153 Å². The minimum atomic E-state index is -0.911. The molecule has 0 aromatic carbocycles. The van der Waals surface area contributed by atoms with Crippen molar-refractivity contribution in [1.29, 1.82) is 0 Å². The van der Waals surface area contributed by atoms with E-state index >= 15 is 0 Å². The molecule has 1 amide bonds. The van der Waals surface area contributed by atoms with Gasteiger partial charge < -0.3 is 26.1 Å². The van der Waals surface area contributed by atoms with Crippen LogP contribution in [0.2, 0.25) is 0 Å². The number of fused-ring (bicyclic) bond motifs is 2. The van der Waals surface area contributed by atoms with E-state index in [-0.39, 0.29) is 11.6 Å². The smallest absolute Gasteiger partial charge is 0.352 e. The molecular formula is C36H52N6O3S2. The summed E-state index contributed by atoms with van der Waals surface area (Å²) >= 11 is 3.39. The van der Waals surface area contributed by atoms with Gasteiger partial charge in [0.15, 0.2) is 0 Å². The Labute approximate surface area is 285 Å². The molecule has 4 aliphatic rings. The molecule has 4 heterocycles. The minimum Gasteiger partial charge on any atom is -0.477 e. The largest absolute Gasteiger partial charge is 0.477 e. The third kappa shape index (κ3) is 8.83. The highest BCUT2D eigenvalue weighted by Gasteiger charge is 2.30. The Balaban J connectivity index is 0.000000138. The quantitative estimate of drug-likeness (QED) is 0.142. The second-order valence-corrected chi connectivity index (χ2v) is 16.2. The van der Waals surface area contributed by atoms with Gasteiger partial charge in [-0.05, 0) is 70.8 Å². The van der Waals surface area contributed by atoms with E-state index in [0.717, 1.165) is 49.7 Å². The number of aromatic amines is 2. The molecule has 0 saturated heterocycles. The molecule has 0 unspecified atom stereocenters. The summed E-state index contributed by atoms with van der Waals surface area (Å²) in [6.45, 7) is 3.87. The zero-order valence-electron chi connectivity index (χ0n) is 28.1. The number of carboxylic acids is 1. The number of thiazole rings is 2. The van der Waals surface area contributed by atoms with Crippen LogP contribution in [0.4, 0.5) is 0 Å². The Morgan fingerprint density at radius 1 is 0.681 bits per heavy atom. The van der Waals surface area contributed by atoms with E-state index in [4.69, 9.17) is 15.8 Å². The number of H-pyrrole nitrogens is 2. The van der Waals surface area contributed by atoms with Crippen molar-refractivity contribution in [3.63, 3.8) is 0 Å². The van der Waals surface area contributed by atoms with Crippen molar-refractivity contribution in [2.75, 3.05) is 0 Å². The van der Waals surface area contributed by atoms with Gasteiger partial charge >= 0.3 is 5.97 Å². The Morgan fingerprint density at radius 2 is 1.11 bits per heavy atom. The first-order valence-electron chi connectivity index (χ1n) is 18.1. The summed E-state index contributed by atoms with van der Waals surface area (Å²) in [5.41, 5.74) is 10.3. The summed E-state index contributed by atoms with van der Waals surface area (Å²) in [4.78, 5) is 38.8. The van der Waals surface area contributed by atoms with E-state index in [1.165, 1.54) is 108 Å². The van der Waals surface area contributed by atoms with Gasteiger partial charge in [0, 0.05) is 29.5 Å². The summed E-state index contributed by atoms with van der Waals surface area (Å²) < 4.78 is 2.16. The number of aryl methyl sites for hydroxylation is 2. The standard InChI is InChI=1S/C18H25N3OS.C10H10N2O2S.C8H17N/c1-11-14(17(22)19-13-7-5-3-2-4-6-8-13)20-16-15(11)23-18(21-16)12-9-10-12;1-4-6(10(13)14)11-8-7(4)15-9(12-8)5-2-3-5;9-8-6-4-2-1-3-5-7-8/h12-13,20H,2-10H2,1H3,(H,19,22);5,11H,2-3H2,1H3,(H,13,14);8H,1-7,9H2. The van der Waals surface area contributed by atoms with Gasteiger partial charge in [-0.25, -0.2) is 14.8 Å². The molecule has 0 spiro atoms. The lowest BCUT2D eigenvalue weighted by atomic mass is 9.96. The number of nitrogens with one attached hydrogen (secondary N) is 3. The van der Waals surface area contributed by atoms with E-state index in [0.29, 0.717) is 29.6 Å². The van der Waals surface area contributed by atoms with Crippen LogP contribution >= 0.6 is 22.7 Å². The second-order valence-electron chi connectivity index (χ2n) is 14.2. The number of hydrogen-bond donors (Lipinski definition) is 5. The Hall–Kier alpha value is -2.76. The summed E-state index contributed by atoms with van der Waals surface area (Å²) in [6, 6.07) is 0.851. The van der Waals surface area contributed by atoms with Gasteiger partial charge in [0.05, 0.1) is 19.4 Å². The number of aromatic nitrogens is 4. The van der Waals surface area contributed by atoms with Crippen LogP contribution in [0.1, 0.15) is 170 Å². The molecule has 4 aliphatic carbocycles. The molecule has 0 radical (unpaired) electrons. The van der Waals surface area contributed by atoms with Gasteiger partial charge in [-0.2, -0.15) is 0 Å². The predicted octanol–water partition coefficient (Wildman–Crippen LogP) is 9.22. The zero-order chi connectivity index (χ0) is 32.9. The van der Waals surface area contributed by atoms with Crippen molar-refractivity contribution in [3.05, 3.63) is 32.5 Å². The fourth-order valence-corrected chi connectivity index (χ4v) is 9.19. The van der Waals surface area contributed by atoms with Crippen LogP contribution in [0.15, 0.2) is 0 Å². The van der Waals surface area contributed by atoms with E-state index < -0.39 is 5.97 Å². The number of carbonyl (C=O) groups is 2. The molecule has 4 saturated carbocycles. The number of aromatic carboxylic acids is 1. The van der Waals surface area contributed by atoms with Gasteiger partial charge in [0.25, 0.3) is 5.91 Å². The molecule has 6 N–H and O–H groups in total. The number of rotatable bonds is 5. The molecule has 4 aromatic heterocycles. The van der Waals surface area contributed by atoms with E-state index in [1.807, 2.05) is 13.8 Å². The highest BCUT2D eigenvalue weighted by molar-refractivity contribution is 7.19. The topological polar surface area (TPSA) is 150 Å². The summed E-state index contributed by atoms with van der Waals surface area (Å²) in [5, 5.41) is 14.6. The van der Waals surface area contributed by atoms with Crippen molar-refractivity contribution in [1.82, 2.24) is 25.3 Å². The van der Waals surface area contributed by atoms with Crippen LogP contribution in [0, 0.1) is 13.8 Å². The molecule has 4 fully saturated rings. The molecular weight excluding hydrogens is 629 g/mol. The molecule has 0 aliphatic heterocycles. The fraction of sp³-hybridized carbons (Fsp3) is 0.667. The average molecular weight is 681 g/mol. The van der Waals surface area contributed by atoms with E-state index in [1.54, 1.807) is 22.7 Å². The van der Waals surface area contributed by atoms with Gasteiger partial charge in [-0.1, -0.05) is 64.2 Å². The van der Waals surface area contributed by atoms with Crippen LogP contribution in [0.5, 0.6) is 0 Å². The Kier molecular flexibility index (Phi) is 11.4. The van der Waals surface area contributed by atoms with Crippen LogP contribution in [0.25, 0.3) is 20.7 Å². The predicted molar refractivity (Wildman–Crippen MR) is 192 cm³/mol. The number of carbonyl (C=O) groups excluding carboxylic acids is 1. The molecule has 4 aromatic rings. The highest BCUT2D eigenvalue weighted by Crippen LogP contribution is 2.45. The third-order valence-electron chi connectivity index (χ3n) is 10.1. The first-order chi connectivity index (χ1) is 22.8. The zero-order valence-corrected chi connectivity index (χ0v) is 29.7. The lowest BCUT2D eigenvalue weighted by Crippen LogP contribution is -2.35. The molecule has 11 heteroatoms. The summed E-state index contributed by atoms with van der Waals surface area (Å²) in [7, 11) is 0. The Morgan fingerprint density at radius 3 is 1.55 bits per heavy atom. The van der Waals surface area contributed by atoms with Crippen LogP contribution in [-0.2, 0) is 0 Å². The number of carboxylic acid groups (broad SMARTS) is 1. The lowest BCUT2D eigenvalue weighted by molar-refractivity contribution is 0.0690. The molecule has 47 heavy (non-hydrogen) atoms. The summed E-state index contributed by atoms with van der Waals surface area (Å²) in [5.74, 6) is 0.438. The lowest BCUT2D eigenvalue weighted by Gasteiger charge is -2.20. The molecule has 0 bridgehead atoms. The van der Waals surface area contributed by atoms with Crippen LogP contribution < -0.4 is 11.1 Å². The maximum absolute atomic E-state index is 12.7. The van der Waals surface area contributed by atoms with E-state index in [9.17, 15) is 9.59 Å². The van der Waals surface area contributed by atoms with Gasteiger partial charge in [-0.15, -0.1) is 22.7 Å². The molecule has 9 nitrogen and oxygen atoms in total. The average Bonchev–Trinajstić information content (AvgIpc) is 3.92. The van der Waals surface area contributed by atoms with E-state index in [2.05, 4.69) is 20.3 Å². The van der Waals surface area contributed by atoms with Gasteiger partial charge in [-0.3, -0.25) is 4.79 Å². The van der Waals surface area contributed by atoms with Gasteiger partial charge in [0.2, 0.25) is 0 Å². The highest BCUT2D eigenvalue weighted by atomic mass is 32.1. The minimum absolute atomic E-state index is 0.0474. The number of hydrogen-bond acceptors (Lipinski definition) is 7. The van der Waals surface area contributed by atoms with Crippen molar-refractivity contribution < 1.29 is 14.7 Å². The first kappa shape index (κ1) is 34.1. The molecule has 0 atom stereocenters. The van der Waals surface area contributed by atoms with Crippen LogP contribution in [0.3, 0.4) is 0 Å². The third-order valence-corrected chi connectivity index (χ3v) is 12.8.